The van der Waals surface area contributed by atoms with Gasteiger partial charge in [0.2, 0.25) is 11.8 Å². The summed E-state index contributed by atoms with van der Waals surface area (Å²) in [7, 11) is 1.26. The van der Waals surface area contributed by atoms with Crippen LogP contribution in [-0.2, 0) is 42.9 Å². The molecular formula is C36H53N3O11. The maximum absolute atomic E-state index is 13.8. The summed E-state index contributed by atoms with van der Waals surface area (Å²) >= 11 is 0. The number of carbonyl (C=O) groups is 5. The molecule has 0 bridgehead atoms. The Morgan fingerprint density at radius 3 is 1.80 bits per heavy atom. The van der Waals surface area contributed by atoms with Crippen LogP contribution in [0.1, 0.15) is 65.2 Å². The van der Waals surface area contributed by atoms with Gasteiger partial charge in [-0.05, 0) is 37.8 Å². The molecule has 1 heterocycles. The lowest BCUT2D eigenvalue weighted by Gasteiger charge is -2.44. The maximum Gasteiger partial charge on any atom is 0.412 e. The smallest absolute Gasteiger partial charge is 0.412 e. The first kappa shape index (κ1) is 41.9. The Labute approximate surface area is 294 Å². The van der Waals surface area contributed by atoms with Crippen molar-refractivity contribution in [1.29, 1.82) is 0 Å². The number of para-hydroxylation sites is 1. The van der Waals surface area contributed by atoms with E-state index in [0.29, 0.717) is 18.8 Å². The molecule has 1 aromatic rings. The number of aliphatic hydroxyl groups is 1. The molecule has 1 aliphatic heterocycles. The quantitative estimate of drug-likeness (QED) is 0.0596. The molecule has 1 aromatic carbocycles. The van der Waals surface area contributed by atoms with Gasteiger partial charge in [-0.25, -0.2) is 4.79 Å². The molecule has 2 rings (SSSR count). The lowest BCUT2D eigenvalue weighted by Crippen LogP contribution is -2.63. The van der Waals surface area contributed by atoms with Gasteiger partial charge < -0.3 is 39.4 Å². The van der Waals surface area contributed by atoms with Gasteiger partial charge in [-0.1, -0.05) is 57.0 Å². The molecule has 1 fully saturated rings. The Morgan fingerprint density at radius 1 is 0.820 bits per heavy atom. The average Bonchev–Trinajstić information content (AvgIpc) is 3.09. The molecule has 14 nitrogen and oxygen atoms in total. The molecule has 0 spiro atoms. The number of esters is 2. The normalized spacial score (nSPS) is 21.1. The highest BCUT2D eigenvalue weighted by Crippen LogP contribution is 2.31. The SMILES string of the molecule is C=CC[C@H](CC(=O)NCCCC)C(=O)O[C@H]1[C@@H](OC(=O)Nc2ccccc2)[C@@H](CO)O[C@H](OC)[C@@H]1OC(=O)[C@H](CC=C)CC(=O)NCCCC. The minimum Gasteiger partial charge on any atom is -0.454 e. The molecule has 0 aliphatic carbocycles. The van der Waals surface area contributed by atoms with Crippen LogP contribution in [0.4, 0.5) is 10.5 Å². The molecule has 4 N–H and O–H groups in total. The van der Waals surface area contributed by atoms with Crippen molar-refractivity contribution in [3.05, 3.63) is 55.6 Å². The number of rotatable bonds is 22. The van der Waals surface area contributed by atoms with Crippen LogP contribution >= 0.6 is 0 Å². The lowest BCUT2D eigenvalue weighted by atomic mass is 9.96. The highest BCUT2D eigenvalue weighted by molar-refractivity contribution is 5.85. The standard InChI is InChI=1S/C36H53N3O11/c1-6-10-19-37-28(41)21-24(15-8-3)33(43)48-31-30(50-36(45)39-26-17-13-12-14-18-26)27(23-40)47-35(46-5)32(31)49-34(44)25(16-9-4)22-29(42)38-20-11-7-2/h8-9,12-14,17-18,24-25,27,30-32,35,40H,3-4,6-7,10-11,15-16,19-23H2,1-2,5H3,(H,37,41)(H,38,42)(H,39,45)/t24-,25-,27-,30+,31+,32-,35+/m1/s1. The van der Waals surface area contributed by atoms with E-state index in [4.69, 9.17) is 23.7 Å². The fraction of sp³-hybridized carbons (Fsp3) is 0.583. The first-order chi connectivity index (χ1) is 24.1. The summed E-state index contributed by atoms with van der Waals surface area (Å²) in [6.45, 7) is 11.5. The number of allylic oxidation sites excluding steroid dienone is 2. The van der Waals surface area contributed by atoms with E-state index in [-0.39, 0.29) is 37.5 Å². The molecule has 0 unspecified atom stereocenters. The van der Waals surface area contributed by atoms with E-state index in [0.717, 1.165) is 25.7 Å². The van der Waals surface area contributed by atoms with E-state index >= 15 is 0 Å². The van der Waals surface area contributed by atoms with Crippen LogP contribution in [0.3, 0.4) is 0 Å². The van der Waals surface area contributed by atoms with Gasteiger partial charge in [-0.15, -0.1) is 13.2 Å². The Bertz CT molecular complexity index is 1240. The van der Waals surface area contributed by atoms with E-state index in [2.05, 4.69) is 29.1 Å². The van der Waals surface area contributed by atoms with Crippen LogP contribution in [0.5, 0.6) is 0 Å². The van der Waals surface area contributed by atoms with Gasteiger partial charge in [-0.3, -0.25) is 24.5 Å². The second-order valence-electron chi connectivity index (χ2n) is 11.9. The second-order valence-corrected chi connectivity index (χ2v) is 11.9. The molecule has 0 radical (unpaired) electrons. The zero-order chi connectivity index (χ0) is 36.9. The molecular weight excluding hydrogens is 650 g/mol. The third-order valence-electron chi connectivity index (χ3n) is 7.91. The molecule has 3 amide bonds. The molecule has 1 aliphatic rings. The summed E-state index contributed by atoms with van der Waals surface area (Å²) in [5.41, 5.74) is 0.394. The van der Waals surface area contributed by atoms with Crippen molar-refractivity contribution in [3.63, 3.8) is 0 Å². The van der Waals surface area contributed by atoms with Crippen molar-refractivity contribution in [2.75, 3.05) is 32.1 Å². The van der Waals surface area contributed by atoms with Crippen LogP contribution in [0, 0.1) is 11.8 Å². The third kappa shape index (κ3) is 13.9. The fourth-order valence-electron chi connectivity index (χ4n) is 5.20. The van der Waals surface area contributed by atoms with Crippen molar-refractivity contribution < 1.29 is 52.8 Å². The zero-order valence-corrected chi connectivity index (χ0v) is 29.3. The van der Waals surface area contributed by atoms with Gasteiger partial charge in [0.1, 0.15) is 6.10 Å². The van der Waals surface area contributed by atoms with Gasteiger partial charge in [0.25, 0.3) is 0 Å². The van der Waals surface area contributed by atoms with Crippen LogP contribution in [-0.4, -0.2) is 92.5 Å². The molecule has 0 saturated carbocycles. The third-order valence-corrected chi connectivity index (χ3v) is 7.91. The summed E-state index contributed by atoms with van der Waals surface area (Å²) < 4.78 is 28.8. The fourth-order valence-corrected chi connectivity index (χ4v) is 5.20. The average molecular weight is 704 g/mol. The monoisotopic (exact) mass is 703 g/mol. The second kappa shape index (κ2) is 23.2. The summed E-state index contributed by atoms with van der Waals surface area (Å²) in [5, 5.41) is 18.4. The summed E-state index contributed by atoms with van der Waals surface area (Å²) in [6.07, 6.45) is -2.38. The highest BCUT2D eigenvalue weighted by atomic mass is 16.7. The van der Waals surface area contributed by atoms with Crippen molar-refractivity contribution in [1.82, 2.24) is 10.6 Å². The number of carbonyl (C=O) groups excluding carboxylic acids is 5. The highest BCUT2D eigenvalue weighted by Gasteiger charge is 2.53. The minimum absolute atomic E-state index is 0.0689. The number of amides is 3. The predicted octanol–water partition coefficient (Wildman–Crippen LogP) is 3.79. The first-order valence-electron chi connectivity index (χ1n) is 17.1. The number of nitrogens with one attached hydrogen (secondary N) is 3. The number of benzene rings is 1. The Hall–Kier alpha value is -4.27. The number of ether oxygens (including phenoxy) is 5. The minimum atomic E-state index is -1.58. The van der Waals surface area contributed by atoms with Crippen LogP contribution in [0.15, 0.2) is 55.6 Å². The Balaban J connectivity index is 2.46. The van der Waals surface area contributed by atoms with E-state index in [1.165, 1.54) is 19.3 Å². The Kier molecular flexibility index (Phi) is 19.4. The number of aliphatic hydroxyl groups excluding tert-OH is 1. The first-order valence-corrected chi connectivity index (χ1v) is 17.1. The van der Waals surface area contributed by atoms with Crippen molar-refractivity contribution in [3.8, 4) is 0 Å². The zero-order valence-electron chi connectivity index (χ0n) is 29.3. The van der Waals surface area contributed by atoms with Gasteiger partial charge in [0, 0.05) is 38.7 Å². The lowest BCUT2D eigenvalue weighted by molar-refractivity contribution is -0.300. The number of unbranched alkanes of at least 4 members (excludes halogenated alkanes) is 2. The molecule has 14 heteroatoms. The van der Waals surface area contributed by atoms with Crippen molar-refractivity contribution >= 4 is 35.5 Å². The van der Waals surface area contributed by atoms with E-state index in [9.17, 15) is 29.1 Å². The van der Waals surface area contributed by atoms with E-state index in [1.807, 2.05) is 13.8 Å². The van der Waals surface area contributed by atoms with E-state index in [1.54, 1.807) is 30.3 Å². The van der Waals surface area contributed by atoms with Crippen LogP contribution < -0.4 is 16.0 Å². The van der Waals surface area contributed by atoms with Crippen molar-refractivity contribution in [2.24, 2.45) is 11.8 Å². The maximum atomic E-state index is 13.8. The number of hydrogen-bond acceptors (Lipinski definition) is 11. The topological polar surface area (TPSA) is 188 Å². The van der Waals surface area contributed by atoms with Crippen molar-refractivity contribution in [2.45, 2.75) is 95.9 Å². The molecule has 0 aromatic heterocycles. The summed E-state index contributed by atoms with van der Waals surface area (Å²) in [6, 6.07) is 8.39. The number of hydrogen-bond donors (Lipinski definition) is 4. The molecule has 278 valence electrons. The largest absolute Gasteiger partial charge is 0.454 e. The van der Waals surface area contributed by atoms with Crippen LogP contribution in [0.25, 0.3) is 0 Å². The predicted molar refractivity (Wildman–Crippen MR) is 185 cm³/mol. The number of anilines is 1. The number of methoxy groups -OCH3 is 1. The molecule has 7 atom stereocenters. The summed E-state index contributed by atoms with van der Waals surface area (Å²) in [4.78, 5) is 65.8. The molecule has 50 heavy (non-hydrogen) atoms. The van der Waals surface area contributed by atoms with Gasteiger partial charge >= 0.3 is 18.0 Å². The van der Waals surface area contributed by atoms with E-state index < -0.39 is 67.2 Å². The summed E-state index contributed by atoms with van der Waals surface area (Å²) in [5.74, 6) is -4.43. The van der Waals surface area contributed by atoms with Gasteiger partial charge in [-0.2, -0.15) is 0 Å². The van der Waals surface area contributed by atoms with Gasteiger partial charge in [0.05, 0.1) is 18.4 Å². The van der Waals surface area contributed by atoms with Gasteiger partial charge in [0.15, 0.2) is 24.6 Å². The van der Waals surface area contributed by atoms with Crippen LogP contribution in [0.2, 0.25) is 0 Å². The Morgan fingerprint density at radius 2 is 1.34 bits per heavy atom. The molecule has 1 saturated heterocycles.